The van der Waals surface area contributed by atoms with E-state index in [2.05, 4.69) is 12.0 Å². The van der Waals surface area contributed by atoms with E-state index < -0.39 is 11.8 Å². The number of methoxy groups -OCH3 is 1. The van der Waals surface area contributed by atoms with Gasteiger partial charge in [-0.3, -0.25) is 15.0 Å². The van der Waals surface area contributed by atoms with Crippen molar-refractivity contribution in [3.63, 3.8) is 0 Å². The molecule has 132 valence electrons. The molecule has 6 nitrogen and oxygen atoms in total. The first-order chi connectivity index (χ1) is 12.7. The normalized spacial score (nSPS) is 15.1. The average Bonchev–Trinajstić information content (AvgIpc) is 2.95. The lowest BCUT2D eigenvalue weighted by Gasteiger charge is -2.14. The van der Waals surface area contributed by atoms with Crippen LogP contribution in [0.2, 0.25) is 0 Å². The number of para-hydroxylation sites is 2. The number of rotatable bonds is 6. The molecule has 0 saturated carbocycles. The number of hydrogen-bond acceptors (Lipinski definition) is 4. The summed E-state index contributed by atoms with van der Waals surface area (Å²) in [6.07, 6.45) is 3.11. The van der Waals surface area contributed by atoms with Crippen LogP contribution < -0.4 is 19.9 Å². The molecule has 1 saturated heterocycles. The molecule has 1 aliphatic heterocycles. The molecule has 2 aromatic carbocycles. The Hall–Kier alpha value is -3.54. The van der Waals surface area contributed by atoms with Gasteiger partial charge in [-0.1, -0.05) is 43.0 Å². The van der Waals surface area contributed by atoms with Gasteiger partial charge in [-0.15, -0.1) is 0 Å². The van der Waals surface area contributed by atoms with E-state index >= 15 is 0 Å². The molecule has 26 heavy (non-hydrogen) atoms. The standard InChI is InChI=1S/C20H18N2O4/c1-3-12-26-18-14(8-7-11-17(18)25-2)13-16-19(23)21-22(20(16)24)15-9-5-4-6-10-15/h3-11,13H,1,12H2,2H3,(H,21,23). The van der Waals surface area contributed by atoms with Crippen LogP contribution in [0.15, 0.2) is 66.8 Å². The summed E-state index contributed by atoms with van der Waals surface area (Å²) in [7, 11) is 1.53. The zero-order chi connectivity index (χ0) is 18.5. The largest absolute Gasteiger partial charge is 0.493 e. The summed E-state index contributed by atoms with van der Waals surface area (Å²) >= 11 is 0. The number of carbonyl (C=O) groups is 2. The molecule has 3 rings (SSSR count). The Morgan fingerprint density at radius 1 is 1.12 bits per heavy atom. The van der Waals surface area contributed by atoms with Crippen LogP contribution in [0.5, 0.6) is 11.5 Å². The number of hydrogen-bond donors (Lipinski definition) is 1. The monoisotopic (exact) mass is 350 g/mol. The number of ether oxygens (including phenoxy) is 2. The highest BCUT2D eigenvalue weighted by molar-refractivity contribution is 6.31. The Balaban J connectivity index is 1.98. The highest BCUT2D eigenvalue weighted by Gasteiger charge is 2.34. The molecule has 0 atom stereocenters. The Morgan fingerprint density at radius 2 is 1.88 bits per heavy atom. The summed E-state index contributed by atoms with van der Waals surface area (Å²) in [4.78, 5) is 25.0. The quantitative estimate of drug-likeness (QED) is 0.494. The van der Waals surface area contributed by atoms with Crippen LogP contribution >= 0.6 is 0 Å². The van der Waals surface area contributed by atoms with E-state index in [1.165, 1.54) is 18.2 Å². The van der Waals surface area contributed by atoms with Gasteiger partial charge in [-0.05, 0) is 24.3 Å². The molecule has 2 amide bonds. The molecule has 1 aliphatic rings. The second kappa shape index (κ2) is 7.57. The highest BCUT2D eigenvalue weighted by atomic mass is 16.5. The van der Waals surface area contributed by atoms with Crippen LogP contribution in [0.25, 0.3) is 6.08 Å². The summed E-state index contributed by atoms with van der Waals surface area (Å²) in [5.74, 6) is 0.0446. The second-order valence-corrected chi connectivity index (χ2v) is 5.45. The maximum atomic E-state index is 12.7. The molecule has 6 heteroatoms. The first-order valence-electron chi connectivity index (χ1n) is 7.98. The smallest absolute Gasteiger partial charge is 0.282 e. The van der Waals surface area contributed by atoms with Gasteiger partial charge >= 0.3 is 0 Å². The van der Waals surface area contributed by atoms with Crippen molar-refractivity contribution in [1.29, 1.82) is 0 Å². The fraction of sp³-hybridized carbons (Fsp3) is 0.100. The van der Waals surface area contributed by atoms with Crippen molar-refractivity contribution in [3.05, 3.63) is 72.3 Å². The molecular formula is C20H18N2O4. The SMILES string of the molecule is C=CCOc1c(C=C2C(=O)NN(c3ccccc3)C2=O)cccc1OC. The van der Waals surface area contributed by atoms with Gasteiger partial charge in [-0.2, -0.15) is 0 Å². The minimum atomic E-state index is -0.476. The van der Waals surface area contributed by atoms with E-state index in [4.69, 9.17) is 9.47 Å². The minimum Gasteiger partial charge on any atom is -0.493 e. The average molecular weight is 350 g/mol. The predicted octanol–water partition coefficient (Wildman–Crippen LogP) is 2.72. The van der Waals surface area contributed by atoms with Crippen molar-refractivity contribution in [3.8, 4) is 11.5 Å². The van der Waals surface area contributed by atoms with Crippen molar-refractivity contribution < 1.29 is 19.1 Å². The highest BCUT2D eigenvalue weighted by Crippen LogP contribution is 2.33. The topological polar surface area (TPSA) is 67.9 Å². The predicted molar refractivity (Wildman–Crippen MR) is 98.7 cm³/mol. The van der Waals surface area contributed by atoms with Crippen LogP contribution in [0.1, 0.15) is 5.56 Å². The van der Waals surface area contributed by atoms with E-state index in [9.17, 15) is 9.59 Å². The zero-order valence-electron chi connectivity index (χ0n) is 14.3. The van der Waals surface area contributed by atoms with E-state index in [1.807, 2.05) is 6.07 Å². The van der Waals surface area contributed by atoms with Gasteiger partial charge in [0.1, 0.15) is 12.2 Å². The Morgan fingerprint density at radius 3 is 2.58 bits per heavy atom. The Kier molecular flexibility index (Phi) is 5.03. The van der Waals surface area contributed by atoms with Crippen LogP contribution in [-0.2, 0) is 9.59 Å². The first kappa shape index (κ1) is 17.3. The van der Waals surface area contributed by atoms with Gasteiger partial charge < -0.3 is 9.47 Å². The number of amides is 2. The number of nitrogens with one attached hydrogen (secondary N) is 1. The maximum Gasteiger partial charge on any atom is 0.282 e. The lowest BCUT2D eigenvalue weighted by atomic mass is 10.1. The van der Waals surface area contributed by atoms with Crippen LogP contribution in [0, 0.1) is 0 Å². The fourth-order valence-corrected chi connectivity index (χ4v) is 2.58. The lowest BCUT2D eigenvalue weighted by molar-refractivity contribution is -0.117. The van der Waals surface area contributed by atoms with Crippen LogP contribution in [0.3, 0.4) is 0 Å². The molecule has 0 spiro atoms. The third-order valence-corrected chi connectivity index (χ3v) is 3.78. The molecule has 1 heterocycles. The first-order valence-corrected chi connectivity index (χ1v) is 7.98. The molecule has 0 radical (unpaired) electrons. The number of carbonyl (C=O) groups excluding carboxylic acids is 2. The maximum absolute atomic E-state index is 12.7. The lowest BCUT2D eigenvalue weighted by Crippen LogP contribution is -2.35. The summed E-state index contributed by atoms with van der Waals surface area (Å²) in [5.41, 5.74) is 3.74. The molecule has 1 fully saturated rings. The van der Waals surface area contributed by atoms with E-state index in [1.54, 1.807) is 48.5 Å². The number of anilines is 1. The molecule has 0 unspecified atom stereocenters. The van der Waals surface area contributed by atoms with Crippen LogP contribution in [0.4, 0.5) is 5.69 Å². The summed E-state index contributed by atoms with van der Waals surface area (Å²) in [5, 5.41) is 1.22. The summed E-state index contributed by atoms with van der Waals surface area (Å²) in [6, 6.07) is 14.2. The molecule has 0 aromatic heterocycles. The zero-order valence-corrected chi connectivity index (χ0v) is 14.3. The third-order valence-electron chi connectivity index (χ3n) is 3.78. The molecule has 0 aliphatic carbocycles. The molecule has 0 bridgehead atoms. The van der Waals surface area contributed by atoms with Gasteiger partial charge in [0.15, 0.2) is 11.5 Å². The van der Waals surface area contributed by atoms with Gasteiger partial charge in [0.05, 0.1) is 12.8 Å². The van der Waals surface area contributed by atoms with Gasteiger partial charge in [0.2, 0.25) is 0 Å². The minimum absolute atomic E-state index is 0.0190. The van der Waals surface area contributed by atoms with Crippen molar-refractivity contribution in [2.24, 2.45) is 0 Å². The fourth-order valence-electron chi connectivity index (χ4n) is 2.58. The number of nitrogens with zero attached hydrogens (tertiary/aromatic N) is 1. The van der Waals surface area contributed by atoms with Crippen molar-refractivity contribution in [1.82, 2.24) is 5.43 Å². The third kappa shape index (κ3) is 3.30. The summed E-state index contributed by atoms with van der Waals surface area (Å²) < 4.78 is 11.0. The van der Waals surface area contributed by atoms with E-state index in [0.717, 1.165) is 0 Å². The van der Waals surface area contributed by atoms with Crippen molar-refractivity contribution in [2.45, 2.75) is 0 Å². The molecular weight excluding hydrogens is 332 g/mol. The summed E-state index contributed by atoms with van der Waals surface area (Å²) in [6.45, 7) is 3.90. The molecule has 2 aromatic rings. The van der Waals surface area contributed by atoms with E-state index in [-0.39, 0.29) is 12.2 Å². The van der Waals surface area contributed by atoms with Gasteiger partial charge in [0.25, 0.3) is 11.8 Å². The van der Waals surface area contributed by atoms with Gasteiger partial charge in [-0.25, -0.2) is 5.01 Å². The van der Waals surface area contributed by atoms with E-state index in [0.29, 0.717) is 22.7 Å². The molecule has 1 N–H and O–H groups in total. The van der Waals surface area contributed by atoms with Crippen molar-refractivity contribution in [2.75, 3.05) is 18.7 Å². The second-order valence-electron chi connectivity index (χ2n) is 5.45. The van der Waals surface area contributed by atoms with Crippen molar-refractivity contribution >= 4 is 23.6 Å². The van der Waals surface area contributed by atoms with Gasteiger partial charge in [0, 0.05) is 5.56 Å². The van der Waals surface area contributed by atoms with Crippen LogP contribution in [-0.4, -0.2) is 25.5 Å². The number of benzene rings is 2. The number of hydrazine groups is 1. The Labute approximate surface area is 151 Å². The Bertz CT molecular complexity index is 875.